The molecular weight excluding hydrogens is 529 g/mol. The van der Waals surface area contributed by atoms with Crippen LogP contribution in [-0.2, 0) is 6.18 Å². The Morgan fingerprint density at radius 2 is 1.85 bits per heavy atom. The molecule has 1 atom stereocenters. The standard InChI is InChI=1S/C24H24F5N7O3/c1-12-18(16(37)11-39-17-5-8-31-21(33-17)24(27,28)29)19(34-22(30)32-12)13-6-9-36(10-7-13)23(38)35-20-14(25)3-2-4-15(20)26/h2-5,8,13,16,37H,6-7,9-11H2,1H3,(H,35,38)(H2,30,32,34). The van der Waals surface area contributed by atoms with Gasteiger partial charge in [0.05, 0.1) is 5.69 Å². The minimum absolute atomic E-state index is 0.0415. The highest BCUT2D eigenvalue weighted by atomic mass is 19.4. The second-order valence-corrected chi connectivity index (χ2v) is 8.80. The maximum absolute atomic E-state index is 13.9. The topological polar surface area (TPSA) is 139 Å². The van der Waals surface area contributed by atoms with Crippen LogP contribution >= 0.6 is 0 Å². The number of amides is 2. The minimum atomic E-state index is -4.76. The summed E-state index contributed by atoms with van der Waals surface area (Å²) in [6.45, 7) is 1.56. The highest BCUT2D eigenvalue weighted by Crippen LogP contribution is 2.34. The first-order valence-electron chi connectivity index (χ1n) is 11.8. The summed E-state index contributed by atoms with van der Waals surface area (Å²) >= 11 is 0. The lowest BCUT2D eigenvalue weighted by Gasteiger charge is -2.33. The molecule has 3 heterocycles. The van der Waals surface area contributed by atoms with Gasteiger partial charge in [-0.2, -0.15) is 18.2 Å². The molecule has 3 aromatic rings. The summed E-state index contributed by atoms with van der Waals surface area (Å²) in [5.74, 6) is -3.87. The third-order valence-corrected chi connectivity index (χ3v) is 6.15. The first-order chi connectivity index (χ1) is 18.4. The molecular formula is C24H24F5N7O3. The molecule has 2 aromatic heterocycles. The van der Waals surface area contributed by atoms with Gasteiger partial charge in [-0.15, -0.1) is 0 Å². The number of alkyl halides is 3. The van der Waals surface area contributed by atoms with Crippen molar-refractivity contribution in [3.63, 3.8) is 0 Å². The first kappa shape index (κ1) is 27.9. The number of aromatic nitrogens is 4. The van der Waals surface area contributed by atoms with Crippen molar-refractivity contribution in [2.75, 3.05) is 30.7 Å². The van der Waals surface area contributed by atoms with Crippen LogP contribution in [0.2, 0.25) is 0 Å². The second kappa shape index (κ2) is 11.3. The van der Waals surface area contributed by atoms with E-state index in [2.05, 4.69) is 25.3 Å². The molecule has 10 nitrogen and oxygen atoms in total. The number of aryl methyl sites for hydroxylation is 1. The molecule has 0 saturated carbocycles. The van der Waals surface area contributed by atoms with Gasteiger partial charge in [0, 0.05) is 42.5 Å². The summed E-state index contributed by atoms with van der Waals surface area (Å²) in [6, 6.07) is 3.70. The Kier molecular flexibility index (Phi) is 8.09. The van der Waals surface area contributed by atoms with Crippen molar-refractivity contribution in [1.82, 2.24) is 24.8 Å². The Balaban J connectivity index is 1.45. The lowest BCUT2D eigenvalue weighted by molar-refractivity contribution is -0.145. The lowest BCUT2D eigenvalue weighted by atomic mass is 9.88. The molecule has 208 valence electrons. The van der Waals surface area contributed by atoms with Gasteiger partial charge in [0.15, 0.2) is 0 Å². The number of ether oxygens (including phenoxy) is 1. The van der Waals surface area contributed by atoms with Crippen LogP contribution in [0.25, 0.3) is 0 Å². The smallest absolute Gasteiger partial charge is 0.451 e. The van der Waals surface area contributed by atoms with E-state index in [-0.39, 0.29) is 30.8 Å². The van der Waals surface area contributed by atoms with E-state index in [1.807, 2.05) is 0 Å². The van der Waals surface area contributed by atoms with Crippen molar-refractivity contribution in [2.24, 2.45) is 0 Å². The number of nitrogens with zero attached hydrogens (tertiary/aromatic N) is 5. The average molecular weight is 553 g/mol. The van der Waals surface area contributed by atoms with Gasteiger partial charge >= 0.3 is 12.2 Å². The summed E-state index contributed by atoms with van der Waals surface area (Å²) in [4.78, 5) is 28.9. The summed E-state index contributed by atoms with van der Waals surface area (Å²) in [6.07, 6.45) is -4.45. The van der Waals surface area contributed by atoms with E-state index in [0.717, 1.165) is 24.4 Å². The molecule has 39 heavy (non-hydrogen) atoms. The number of likely N-dealkylation sites (tertiary alicyclic amines) is 1. The number of piperidine rings is 1. The third-order valence-electron chi connectivity index (χ3n) is 6.15. The summed E-state index contributed by atoms with van der Waals surface area (Å²) in [7, 11) is 0. The number of nitrogens with two attached hydrogens (primary N) is 1. The summed E-state index contributed by atoms with van der Waals surface area (Å²) in [5, 5.41) is 13.1. The number of aliphatic hydroxyl groups is 1. The number of rotatable bonds is 6. The van der Waals surface area contributed by atoms with Crippen LogP contribution in [0.15, 0.2) is 30.5 Å². The molecule has 4 rings (SSSR count). The Bertz CT molecular complexity index is 1330. The molecule has 0 aliphatic carbocycles. The van der Waals surface area contributed by atoms with Gasteiger partial charge < -0.3 is 25.8 Å². The van der Waals surface area contributed by atoms with Crippen molar-refractivity contribution in [3.8, 4) is 5.88 Å². The average Bonchev–Trinajstić information content (AvgIpc) is 2.88. The van der Waals surface area contributed by atoms with Crippen molar-refractivity contribution in [3.05, 3.63) is 64.9 Å². The number of benzene rings is 1. The molecule has 1 unspecified atom stereocenters. The van der Waals surface area contributed by atoms with Gasteiger partial charge in [-0.1, -0.05) is 6.07 Å². The minimum Gasteiger partial charge on any atom is -0.474 e. The SMILES string of the molecule is Cc1nc(N)nc(C2CCN(C(=O)Nc3c(F)cccc3F)CC2)c1C(O)COc1ccnc(C(F)(F)F)n1. The van der Waals surface area contributed by atoms with E-state index in [1.165, 1.54) is 11.0 Å². The molecule has 1 aliphatic rings. The van der Waals surface area contributed by atoms with Crippen LogP contribution in [0.4, 0.5) is 38.4 Å². The fourth-order valence-electron chi connectivity index (χ4n) is 4.32. The third kappa shape index (κ3) is 6.47. The fourth-order valence-corrected chi connectivity index (χ4v) is 4.32. The zero-order valence-electron chi connectivity index (χ0n) is 20.5. The number of aliphatic hydroxyl groups excluding tert-OH is 1. The Morgan fingerprint density at radius 3 is 2.49 bits per heavy atom. The van der Waals surface area contributed by atoms with Crippen LogP contribution in [0.1, 0.15) is 47.6 Å². The number of carbonyl (C=O) groups is 1. The Morgan fingerprint density at radius 1 is 1.18 bits per heavy atom. The van der Waals surface area contributed by atoms with Gasteiger partial charge in [-0.05, 0) is 31.9 Å². The molecule has 1 fully saturated rings. The normalized spacial score (nSPS) is 15.2. The van der Waals surface area contributed by atoms with E-state index in [0.29, 0.717) is 29.8 Å². The van der Waals surface area contributed by atoms with Crippen LogP contribution < -0.4 is 15.8 Å². The maximum Gasteiger partial charge on any atom is 0.451 e. The zero-order chi connectivity index (χ0) is 28.3. The predicted octanol–water partition coefficient (Wildman–Crippen LogP) is 3.98. The summed E-state index contributed by atoms with van der Waals surface area (Å²) < 4.78 is 71.8. The van der Waals surface area contributed by atoms with Gasteiger partial charge in [-0.3, -0.25) is 0 Å². The molecule has 4 N–H and O–H groups in total. The number of nitrogen functional groups attached to an aromatic ring is 1. The van der Waals surface area contributed by atoms with Crippen molar-refractivity contribution >= 4 is 17.7 Å². The summed E-state index contributed by atoms with van der Waals surface area (Å²) in [5.41, 5.74) is 6.36. The second-order valence-electron chi connectivity index (χ2n) is 8.80. The quantitative estimate of drug-likeness (QED) is 0.390. The van der Waals surface area contributed by atoms with Crippen LogP contribution in [0.5, 0.6) is 5.88 Å². The monoisotopic (exact) mass is 553 g/mol. The van der Waals surface area contributed by atoms with Crippen LogP contribution in [0, 0.1) is 18.6 Å². The van der Waals surface area contributed by atoms with Gasteiger partial charge in [0.25, 0.3) is 0 Å². The van der Waals surface area contributed by atoms with E-state index in [1.54, 1.807) is 6.92 Å². The molecule has 0 spiro atoms. The highest BCUT2D eigenvalue weighted by Gasteiger charge is 2.35. The van der Waals surface area contributed by atoms with Gasteiger partial charge in [0.2, 0.25) is 17.7 Å². The molecule has 1 aliphatic heterocycles. The number of urea groups is 1. The number of hydrogen-bond acceptors (Lipinski definition) is 8. The Hall–Kier alpha value is -4.14. The molecule has 2 amide bonds. The molecule has 1 saturated heterocycles. The zero-order valence-corrected chi connectivity index (χ0v) is 20.5. The van der Waals surface area contributed by atoms with Crippen molar-refractivity contribution in [2.45, 2.75) is 38.0 Å². The number of carbonyl (C=O) groups excluding carboxylic acids is 1. The first-order valence-corrected chi connectivity index (χ1v) is 11.8. The number of para-hydroxylation sites is 1. The number of anilines is 2. The predicted molar refractivity (Wildman–Crippen MR) is 128 cm³/mol. The van der Waals surface area contributed by atoms with E-state index < -0.39 is 48.1 Å². The molecule has 15 heteroatoms. The van der Waals surface area contributed by atoms with E-state index >= 15 is 0 Å². The Labute approximate surface area is 219 Å². The largest absolute Gasteiger partial charge is 0.474 e. The highest BCUT2D eigenvalue weighted by molar-refractivity contribution is 5.89. The molecule has 0 bridgehead atoms. The van der Waals surface area contributed by atoms with Crippen molar-refractivity contribution < 1.29 is 36.6 Å². The fraction of sp³-hybridized carbons (Fsp3) is 0.375. The number of halogens is 5. The molecule has 1 aromatic carbocycles. The van der Waals surface area contributed by atoms with Gasteiger partial charge in [-0.25, -0.2) is 28.5 Å². The van der Waals surface area contributed by atoms with Gasteiger partial charge in [0.1, 0.15) is 30.0 Å². The number of nitrogens with one attached hydrogen (secondary N) is 1. The van der Waals surface area contributed by atoms with E-state index in [4.69, 9.17) is 10.5 Å². The van der Waals surface area contributed by atoms with Crippen molar-refractivity contribution in [1.29, 1.82) is 0 Å². The lowest BCUT2D eigenvalue weighted by Crippen LogP contribution is -2.41. The van der Waals surface area contributed by atoms with Crippen LogP contribution in [0.3, 0.4) is 0 Å². The van der Waals surface area contributed by atoms with E-state index in [9.17, 15) is 31.9 Å². The maximum atomic E-state index is 13.9. The number of hydrogen-bond donors (Lipinski definition) is 3. The van der Waals surface area contributed by atoms with Crippen LogP contribution in [-0.4, -0.2) is 55.7 Å². The molecule has 0 radical (unpaired) electrons.